The minimum atomic E-state index is 0.122. The molecule has 0 aromatic rings. The molecule has 1 heterocycles. The predicted molar refractivity (Wildman–Crippen MR) is 67.5 cm³/mol. The number of fused-ring (bicyclic) bond motifs is 1. The Morgan fingerprint density at radius 3 is 3.18 bits per heavy atom. The molecule has 3 nitrogen and oxygen atoms in total. The van der Waals surface area contributed by atoms with Crippen LogP contribution in [0.3, 0.4) is 0 Å². The molecule has 0 bridgehead atoms. The number of hydrogen-bond donors (Lipinski definition) is 1. The minimum absolute atomic E-state index is 0.122. The summed E-state index contributed by atoms with van der Waals surface area (Å²) in [6.45, 7) is 5.37. The molecule has 0 saturated heterocycles. The van der Waals surface area contributed by atoms with E-state index in [0.717, 1.165) is 13.0 Å². The smallest absolute Gasteiger partial charge is 0.219 e. The number of allylic oxidation sites excluding steroid dienone is 3. The Morgan fingerprint density at radius 1 is 1.59 bits per heavy atom. The molecule has 0 spiro atoms. The molecule has 17 heavy (non-hydrogen) atoms. The van der Waals surface area contributed by atoms with Crippen molar-refractivity contribution in [3.8, 4) is 0 Å². The maximum absolute atomic E-state index is 11.3. The number of amides is 1. The maximum Gasteiger partial charge on any atom is 0.219 e. The fourth-order valence-corrected chi connectivity index (χ4v) is 2.19. The van der Waals surface area contributed by atoms with Crippen LogP contribution in [0, 0.1) is 11.8 Å². The Balaban J connectivity index is 1.89. The lowest BCUT2D eigenvalue weighted by atomic mass is 9.96. The Kier molecular flexibility index (Phi) is 4.00. The highest BCUT2D eigenvalue weighted by Gasteiger charge is 2.29. The standard InChI is InChI=1S/C14H21NO2/c1-3-14(16)15-9-13-8-12-7-11(12)5-4-6-17-10(13)2/h4-5,7,10-11,13H,3,6,8-9H2,1-2H3,(H,15,16)/b5-4-/t10-,11+,13+/m0/s1. The van der Waals surface area contributed by atoms with Crippen molar-refractivity contribution in [1.29, 1.82) is 0 Å². The van der Waals surface area contributed by atoms with Crippen LogP contribution in [0.2, 0.25) is 0 Å². The molecule has 2 aliphatic rings. The lowest BCUT2D eigenvalue weighted by Crippen LogP contribution is -2.34. The largest absolute Gasteiger partial charge is 0.374 e. The van der Waals surface area contributed by atoms with Crippen molar-refractivity contribution in [3.05, 3.63) is 23.8 Å². The van der Waals surface area contributed by atoms with E-state index in [9.17, 15) is 4.79 Å². The van der Waals surface area contributed by atoms with Crippen molar-refractivity contribution in [2.75, 3.05) is 13.2 Å². The second kappa shape index (κ2) is 5.50. The molecule has 2 rings (SSSR count). The van der Waals surface area contributed by atoms with Crippen LogP contribution in [-0.2, 0) is 9.53 Å². The molecule has 1 amide bonds. The fraction of sp³-hybridized carbons (Fsp3) is 0.643. The third kappa shape index (κ3) is 3.43. The molecule has 0 radical (unpaired) electrons. The molecule has 0 aromatic carbocycles. The third-order valence-electron chi connectivity index (χ3n) is 3.56. The van der Waals surface area contributed by atoms with Gasteiger partial charge in [-0.2, -0.15) is 0 Å². The number of nitrogens with one attached hydrogen (secondary N) is 1. The highest BCUT2D eigenvalue weighted by Crippen LogP contribution is 2.37. The molecule has 0 fully saturated rings. The summed E-state index contributed by atoms with van der Waals surface area (Å²) in [5, 5.41) is 2.97. The lowest BCUT2D eigenvalue weighted by Gasteiger charge is -2.23. The van der Waals surface area contributed by atoms with Crippen LogP contribution >= 0.6 is 0 Å². The van der Waals surface area contributed by atoms with E-state index in [1.165, 1.54) is 5.57 Å². The van der Waals surface area contributed by atoms with Crippen LogP contribution in [-0.4, -0.2) is 25.2 Å². The Bertz CT molecular complexity index is 346. The summed E-state index contributed by atoms with van der Waals surface area (Å²) in [5.41, 5.74) is 1.49. The second-order valence-electron chi connectivity index (χ2n) is 4.86. The van der Waals surface area contributed by atoms with Crippen molar-refractivity contribution in [2.24, 2.45) is 11.8 Å². The van der Waals surface area contributed by atoms with Crippen LogP contribution < -0.4 is 5.32 Å². The highest BCUT2D eigenvalue weighted by molar-refractivity contribution is 5.75. The zero-order chi connectivity index (χ0) is 12.3. The quantitative estimate of drug-likeness (QED) is 0.760. The van der Waals surface area contributed by atoms with Crippen LogP contribution in [0.15, 0.2) is 23.8 Å². The number of carbonyl (C=O) groups is 1. The molecule has 0 saturated carbocycles. The molecule has 1 N–H and O–H groups in total. The first kappa shape index (κ1) is 12.4. The molecule has 0 unspecified atom stereocenters. The fourth-order valence-electron chi connectivity index (χ4n) is 2.19. The molecule has 3 heteroatoms. The maximum atomic E-state index is 11.3. The van der Waals surface area contributed by atoms with Crippen molar-refractivity contribution < 1.29 is 9.53 Å². The highest BCUT2D eigenvalue weighted by atomic mass is 16.5. The van der Waals surface area contributed by atoms with Gasteiger partial charge in [-0.25, -0.2) is 0 Å². The molecule has 94 valence electrons. The molecular weight excluding hydrogens is 214 g/mol. The number of hydrogen-bond acceptors (Lipinski definition) is 2. The number of ether oxygens (including phenoxy) is 1. The summed E-state index contributed by atoms with van der Waals surface area (Å²) in [6, 6.07) is 0. The van der Waals surface area contributed by atoms with Gasteiger partial charge in [-0.3, -0.25) is 4.79 Å². The van der Waals surface area contributed by atoms with Gasteiger partial charge in [0.1, 0.15) is 0 Å². The zero-order valence-corrected chi connectivity index (χ0v) is 10.6. The van der Waals surface area contributed by atoms with E-state index in [4.69, 9.17) is 4.74 Å². The lowest BCUT2D eigenvalue weighted by molar-refractivity contribution is -0.121. The van der Waals surface area contributed by atoms with Crippen LogP contribution in [0.1, 0.15) is 26.7 Å². The molecule has 1 aliphatic carbocycles. The van der Waals surface area contributed by atoms with Crippen molar-refractivity contribution >= 4 is 5.91 Å². The van der Waals surface area contributed by atoms with Gasteiger partial charge in [0, 0.05) is 24.8 Å². The number of carbonyl (C=O) groups excluding carboxylic acids is 1. The summed E-state index contributed by atoms with van der Waals surface area (Å²) < 4.78 is 5.74. The van der Waals surface area contributed by atoms with E-state index >= 15 is 0 Å². The summed E-state index contributed by atoms with van der Waals surface area (Å²) in [6.07, 6.45) is 8.38. The topological polar surface area (TPSA) is 38.3 Å². The minimum Gasteiger partial charge on any atom is -0.374 e. The Labute approximate surface area is 103 Å². The summed E-state index contributed by atoms with van der Waals surface area (Å²) >= 11 is 0. The van der Waals surface area contributed by atoms with E-state index in [-0.39, 0.29) is 12.0 Å². The third-order valence-corrected chi connectivity index (χ3v) is 3.56. The second-order valence-corrected chi connectivity index (χ2v) is 4.86. The van der Waals surface area contributed by atoms with Gasteiger partial charge in [0.15, 0.2) is 0 Å². The summed E-state index contributed by atoms with van der Waals surface area (Å²) in [4.78, 5) is 11.3. The van der Waals surface area contributed by atoms with E-state index < -0.39 is 0 Å². The number of rotatable bonds is 3. The van der Waals surface area contributed by atoms with E-state index in [1.807, 2.05) is 6.92 Å². The van der Waals surface area contributed by atoms with Gasteiger partial charge in [0.25, 0.3) is 0 Å². The molecule has 1 aliphatic heterocycles. The van der Waals surface area contributed by atoms with Crippen LogP contribution in [0.25, 0.3) is 0 Å². The first-order valence-corrected chi connectivity index (χ1v) is 6.46. The summed E-state index contributed by atoms with van der Waals surface area (Å²) in [5.74, 6) is 1.08. The van der Waals surface area contributed by atoms with Gasteiger partial charge < -0.3 is 10.1 Å². The first-order valence-electron chi connectivity index (χ1n) is 6.46. The van der Waals surface area contributed by atoms with E-state index in [1.54, 1.807) is 0 Å². The SMILES string of the molecule is CCC(=O)NC[C@H]1CC2=C[C@H]2/C=C\CO[C@H]1C. The molecular formula is C14H21NO2. The Hall–Kier alpha value is -1.09. The van der Waals surface area contributed by atoms with Crippen molar-refractivity contribution in [1.82, 2.24) is 5.32 Å². The van der Waals surface area contributed by atoms with Gasteiger partial charge in [-0.05, 0) is 13.3 Å². The van der Waals surface area contributed by atoms with Gasteiger partial charge in [-0.15, -0.1) is 0 Å². The van der Waals surface area contributed by atoms with Crippen LogP contribution in [0.5, 0.6) is 0 Å². The van der Waals surface area contributed by atoms with E-state index in [0.29, 0.717) is 24.9 Å². The predicted octanol–water partition coefficient (Wildman–Crippen LogP) is 2.05. The van der Waals surface area contributed by atoms with Gasteiger partial charge in [-0.1, -0.05) is 30.7 Å². The molecule has 3 atom stereocenters. The molecule has 0 aromatic heterocycles. The average Bonchev–Trinajstić information content (AvgIpc) is 3.06. The normalized spacial score (nSPS) is 33.5. The van der Waals surface area contributed by atoms with Crippen molar-refractivity contribution in [2.45, 2.75) is 32.8 Å². The van der Waals surface area contributed by atoms with Gasteiger partial charge >= 0.3 is 0 Å². The van der Waals surface area contributed by atoms with Crippen LogP contribution in [0.4, 0.5) is 0 Å². The monoisotopic (exact) mass is 235 g/mol. The average molecular weight is 235 g/mol. The van der Waals surface area contributed by atoms with E-state index in [2.05, 4.69) is 30.5 Å². The zero-order valence-electron chi connectivity index (χ0n) is 10.6. The first-order chi connectivity index (χ1) is 8.20. The Morgan fingerprint density at radius 2 is 2.41 bits per heavy atom. The van der Waals surface area contributed by atoms with Crippen molar-refractivity contribution in [3.63, 3.8) is 0 Å². The summed E-state index contributed by atoms with van der Waals surface area (Å²) in [7, 11) is 0. The van der Waals surface area contributed by atoms with Gasteiger partial charge in [0.05, 0.1) is 12.7 Å². The van der Waals surface area contributed by atoms with Gasteiger partial charge in [0.2, 0.25) is 5.91 Å².